The Morgan fingerprint density at radius 3 is 3.00 bits per heavy atom. The number of hydrogen-bond donors (Lipinski definition) is 1. The van der Waals surface area contributed by atoms with Gasteiger partial charge < -0.3 is 14.6 Å². The molecule has 0 aliphatic carbocycles. The third-order valence-electron chi connectivity index (χ3n) is 2.74. The van der Waals surface area contributed by atoms with Crippen molar-refractivity contribution in [1.82, 2.24) is 4.98 Å². The monoisotopic (exact) mass is 239 g/mol. The Labute approximate surface area is 102 Å². The molecule has 1 aromatic carbocycles. The van der Waals surface area contributed by atoms with E-state index in [2.05, 4.69) is 4.98 Å². The fourth-order valence-corrected chi connectivity index (χ4v) is 1.91. The minimum Gasteiger partial charge on any atom is -0.447 e. The second-order valence-electron chi connectivity index (χ2n) is 3.92. The summed E-state index contributed by atoms with van der Waals surface area (Å²) in [6, 6.07) is 7.54. The van der Waals surface area contributed by atoms with Crippen LogP contribution in [0.3, 0.4) is 0 Å². The van der Waals surface area contributed by atoms with Crippen molar-refractivity contribution in [3.05, 3.63) is 35.9 Å². The molecule has 2 aromatic heterocycles. The Morgan fingerprint density at radius 1 is 1.39 bits per heavy atom. The van der Waals surface area contributed by atoms with Crippen molar-refractivity contribution in [3.63, 3.8) is 0 Å². The summed E-state index contributed by atoms with van der Waals surface area (Å²) in [5.74, 6) is 0.735. The number of oxazole rings is 1. The van der Waals surface area contributed by atoms with Crippen LogP contribution in [0.25, 0.3) is 22.2 Å². The van der Waals surface area contributed by atoms with Crippen LogP contribution in [0.4, 0.5) is 5.88 Å². The molecule has 3 rings (SSSR count). The fourth-order valence-electron chi connectivity index (χ4n) is 1.91. The summed E-state index contributed by atoms with van der Waals surface area (Å²) < 4.78 is 10.5. The van der Waals surface area contributed by atoms with Crippen molar-refractivity contribution >= 4 is 17.0 Å². The minimum atomic E-state index is 0.129. The number of nitrogens with zero attached hydrogens (tertiary/aromatic N) is 2. The Morgan fingerprint density at radius 2 is 2.22 bits per heavy atom. The first-order valence-electron chi connectivity index (χ1n) is 5.33. The maximum Gasteiger partial charge on any atom is 0.208 e. The molecular formula is C13H9N3O2. The van der Waals surface area contributed by atoms with Crippen molar-refractivity contribution in [1.29, 1.82) is 5.26 Å². The van der Waals surface area contributed by atoms with Crippen LogP contribution in [0.15, 0.2) is 33.3 Å². The summed E-state index contributed by atoms with van der Waals surface area (Å²) in [5.41, 5.74) is 8.87. The number of aromatic nitrogens is 1. The van der Waals surface area contributed by atoms with Crippen molar-refractivity contribution in [2.45, 2.75) is 6.92 Å². The lowest BCUT2D eigenvalue weighted by Gasteiger charge is -1.97. The summed E-state index contributed by atoms with van der Waals surface area (Å²) in [6.07, 6.45) is 1.47. The molecule has 0 aliphatic rings. The number of benzene rings is 1. The highest BCUT2D eigenvalue weighted by molar-refractivity contribution is 5.83. The van der Waals surface area contributed by atoms with E-state index in [1.807, 2.05) is 24.3 Å². The third kappa shape index (κ3) is 1.44. The number of anilines is 1. The van der Waals surface area contributed by atoms with E-state index in [0.29, 0.717) is 22.6 Å². The molecule has 0 saturated heterocycles. The summed E-state index contributed by atoms with van der Waals surface area (Å²) >= 11 is 0. The van der Waals surface area contributed by atoms with Crippen LogP contribution in [0, 0.1) is 18.3 Å². The number of nitriles is 1. The van der Waals surface area contributed by atoms with Crippen molar-refractivity contribution < 1.29 is 8.83 Å². The largest absolute Gasteiger partial charge is 0.447 e. The highest BCUT2D eigenvalue weighted by atomic mass is 16.3. The number of nitrogens with two attached hydrogens (primary N) is 1. The Kier molecular flexibility index (Phi) is 2.10. The Hall–Kier alpha value is -2.74. The SMILES string of the molecule is Cc1nc2cc(-c3coc(N)c3C#N)ccc2o1. The van der Waals surface area contributed by atoms with Gasteiger partial charge in [0.05, 0.1) is 0 Å². The molecule has 0 bridgehead atoms. The second-order valence-corrected chi connectivity index (χ2v) is 3.92. The first-order chi connectivity index (χ1) is 8.69. The molecule has 0 fully saturated rings. The summed E-state index contributed by atoms with van der Waals surface area (Å²) in [6.45, 7) is 1.79. The summed E-state index contributed by atoms with van der Waals surface area (Å²) in [5, 5.41) is 9.04. The molecule has 0 amide bonds. The molecule has 2 heterocycles. The predicted molar refractivity (Wildman–Crippen MR) is 65.6 cm³/mol. The molecule has 5 heteroatoms. The number of furan rings is 1. The van der Waals surface area contributed by atoms with E-state index in [1.165, 1.54) is 6.26 Å². The molecule has 18 heavy (non-hydrogen) atoms. The van der Waals surface area contributed by atoms with E-state index in [4.69, 9.17) is 19.8 Å². The maximum atomic E-state index is 9.04. The molecule has 88 valence electrons. The molecule has 0 atom stereocenters. The van der Waals surface area contributed by atoms with E-state index < -0.39 is 0 Å². The van der Waals surface area contributed by atoms with Crippen LogP contribution in [0.5, 0.6) is 0 Å². The second kappa shape index (κ2) is 3.64. The molecule has 0 unspecified atom stereocenters. The lowest BCUT2D eigenvalue weighted by molar-refractivity contribution is 0.561. The topological polar surface area (TPSA) is 89.0 Å². The zero-order valence-electron chi connectivity index (χ0n) is 9.60. The number of hydrogen-bond acceptors (Lipinski definition) is 5. The molecule has 0 radical (unpaired) electrons. The molecule has 3 aromatic rings. The van der Waals surface area contributed by atoms with Gasteiger partial charge in [0, 0.05) is 12.5 Å². The van der Waals surface area contributed by atoms with Gasteiger partial charge in [0.15, 0.2) is 11.5 Å². The van der Waals surface area contributed by atoms with Gasteiger partial charge in [-0.1, -0.05) is 6.07 Å². The van der Waals surface area contributed by atoms with E-state index in [0.717, 1.165) is 11.1 Å². The molecule has 5 nitrogen and oxygen atoms in total. The quantitative estimate of drug-likeness (QED) is 0.705. The zero-order valence-corrected chi connectivity index (χ0v) is 9.60. The lowest BCUT2D eigenvalue weighted by atomic mass is 10.0. The Balaban J connectivity index is 2.22. The highest BCUT2D eigenvalue weighted by Crippen LogP contribution is 2.31. The number of fused-ring (bicyclic) bond motifs is 1. The Bertz CT molecular complexity index is 777. The number of nitrogen functional groups attached to an aromatic ring is 1. The van der Waals surface area contributed by atoms with Gasteiger partial charge in [0.2, 0.25) is 5.88 Å². The van der Waals surface area contributed by atoms with E-state index in [-0.39, 0.29) is 5.88 Å². The molecular weight excluding hydrogens is 230 g/mol. The van der Waals surface area contributed by atoms with E-state index in [1.54, 1.807) is 6.92 Å². The standard InChI is InChI=1S/C13H9N3O2/c1-7-16-11-4-8(2-3-12(11)18-7)10-6-17-13(15)9(10)5-14/h2-4,6H,15H2,1H3. The van der Waals surface area contributed by atoms with Gasteiger partial charge in [-0.3, -0.25) is 0 Å². The summed E-state index contributed by atoms with van der Waals surface area (Å²) in [7, 11) is 0. The number of rotatable bonds is 1. The van der Waals surface area contributed by atoms with Gasteiger partial charge in [-0.2, -0.15) is 5.26 Å². The summed E-state index contributed by atoms with van der Waals surface area (Å²) in [4.78, 5) is 4.25. The van der Waals surface area contributed by atoms with Gasteiger partial charge in [0.1, 0.15) is 23.4 Å². The van der Waals surface area contributed by atoms with Gasteiger partial charge in [-0.25, -0.2) is 4.98 Å². The molecule has 2 N–H and O–H groups in total. The van der Waals surface area contributed by atoms with E-state index in [9.17, 15) is 0 Å². The van der Waals surface area contributed by atoms with Crippen LogP contribution < -0.4 is 5.73 Å². The van der Waals surface area contributed by atoms with Crippen LogP contribution in [0.1, 0.15) is 11.5 Å². The number of aryl methyl sites for hydroxylation is 1. The van der Waals surface area contributed by atoms with Crippen molar-refractivity contribution in [3.8, 4) is 17.2 Å². The first-order valence-corrected chi connectivity index (χ1v) is 5.33. The lowest BCUT2D eigenvalue weighted by Crippen LogP contribution is -1.86. The maximum absolute atomic E-state index is 9.04. The fraction of sp³-hybridized carbons (Fsp3) is 0.0769. The van der Waals surface area contributed by atoms with Gasteiger partial charge >= 0.3 is 0 Å². The van der Waals surface area contributed by atoms with Crippen LogP contribution in [0.2, 0.25) is 0 Å². The third-order valence-corrected chi connectivity index (χ3v) is 2.74. The molecule has 0 saturated carbocycles. The van der Waals surface area contributed by atoms with Gasteiger partial charge in [-0.05, 0) is 17.7 Å². The van der Waals surface area contributed by atoms with Crippen LogP contribution >= 0.6 is 0 Å². The molecule has 0 aliphatic heterocycles. The van der Waals surface area contributed by atoms with Gasteiger partial charge in [0.25, 0.3) is 0 Å². The van der Waals surface area contributed by atoms with E-state index >= 15 is 0 Å². The zero-order chi connectivity index (χ0) is 12.7. The van der Waals surface area contributed by atoms with Crippen LogP contribution in [-0.2, 0) is 0 Å². The smallest absolute Gasteiger partial charge is 0.208 e. The average Bonchev–Trinajstić information content (AvgIpc) is 2.89. The van der Waals surface area contributed by atoms with Crippen molar-refractivity contribution in [2.75, 3.05) is 5.73 Å². The highest BCUT2D eigenvalue weighted by Gasteiger charge is 2.14. The molecule has 0 spiro atoms. The van der Waals surface area contributed by atoms with Crippen LogP contribution in [-0.4, -0.2) is 4.98 Å². The minimum absolute atomic E-state index is 0.129. The normalized spacial score (nSPS) is 10.7. The van der Waals surface area contributed by atoms with Crippen molar-refractivity contribution in [2.24, 2.45) is 0 Å². The predicted octanol–water partition coefficient (Wildman–Crippen LogP) is 2.85. The first kappa shape index (κ1) is 10.4. The van der Waals surface area contributed by atoms with Gasteiger partial charge in [-0.15, -0.1) is 0 Å². The average molecular weight is 239 g/mol.